The van der Waals surface area contributed by atoms with Crippen molar-refractivity contribution in [2.45, 2.75) is 33.1 Å². The standard InChI is InChI=1S/C28H31F3N4O2/c1-19(2)27(36)35-14-12-34(13-15-35)26-23(17-20-8-7-11-22(16-20)28(29,30)31)24(18-37-3)32-25(33-26)21-9-5-4-6-10-21/h4-11,16,19H,12-15,17-18H2,1-3H3. The van der Waals surface area contributed by atoms with E-state index < -0.39 is 11.7 Å². The highest BCUT2D eigenvalue weighted by Crippen LogP contribution is 2.32. The van der Waals surface area contributed by atoms with Crippen molar-refractivity contribution in [2.75, 3.05) is 38.2 Å². The number of amides is 1. The molecule has 3 aromatic rings. The van der Waals surface area contributed by atoms with Gasteiger partial charge in [0.1, 0.15) is 5.82 Å². The molecule has 2 aromatic carbocycles. The molecular weight excluding hydrogens is 481 g/mol. The average Bonchev–Trinajstić information content (AvgIpc) is 2.89. The number of piperazine rings is 1. The normalized spacial score (nSPS) is 14.4. The van der Waals surface area contributed by atoms with Gasteiger partial charge in [-0.15, -0.1) is 0 Å². The molecule has 196 valence electrons. The molecule has 2 heterocycles. The fourth-order valence-electron chi connectivity index (χ4n) is 4.50. The number of halogens is 3. The van der Waals surface area contributed by atoms with Gasteiger partial charge in [0.15, 0.2) is 5.82 Å². The van der Waals surface area contributed by atoms with Crippen LogP contribution >= 0.6 is 0 Å². The topological polar surface area (TPSA) is 58.6 Å². The first-order valence-corrected chi connectivity index (χ1v) is 12.3. The van der Waals surface area contributed by atoms with Gasteiger partial charge in [0.25, 0.3) is 0 Å². The van der Waals surface area contributed by atoms with Crippen LogP contribution in [0.1, 0.15) is 36.2 Å². The molecule has 1 amide bonds. The van der Waals surface area contributed by atoms with Crippen LogP contribution in [0, 0.1) is 5.92 Å². The highest BCUT2D eigenvalue weighted by Gasteiger charge is 2.31. The van der Waals surface area contributed by atoms with Crippen LogP contribution < -0.4 is 4.90 Å². The Morgan fingerprint density at radius 1 is 1.00 bits per heavy atom. The van der Waals surface area contributed by atoms with Crippen molar-refractivity contribution >= 4 is 11.7 Å². The molecule has 0 bridgehead atoms. The van der Waals surface area contributed by atoms with E-state index in [1.807, 2.05) is 49.1 Å². The van der Waals surface area contributed by atoms with Crippen molar-refractivity contribution in [3.63, 3.8) is 0 Å². The molecule has 0 N–H and O–H groups in total. The molecule has 0 saturated carbocycles. The molecule has 0 spiro atoms. The second kappa shape index (κ2) is 11.3. The minimum absolute atomic E-state index is 0.0833. The van der Waals surface area contributed by atoms with Gasteiger partial charge in [-0.05, 0) is 11.6 Å². The number of aromatic nitrogens is 2. The van der Waals surface area contributed by atoms with Crippen LogP contribution in [0.3, 0.4) is 0 Å². The summed E-state index contributed by atoms with van der Waals surface area (Å²) in [4.78, 5) is 26.1. The molecular formula is C28H31F3N4O2. The van der Waals surface area contributed by atoms with Crippen LogP contribution in [0.5, 0.6) is 0 Å². The third kappa shape index (κ3) is 6.28. The first kappa shape index (κ1) is 26.6. The predicted octanol–water partition coefficient (Wildman–Crippen LogP) is 5.20. The van der Waals surface area contributed by atoms with Crippen molar-refractivity contribution in [1.29, 1.82) is 0 Å². The lowest BCUT2D eigenvalue weighted by Crippen LogP contribution is -2.50. The van der Waals surface area contributed by atoms with E-state index in [1.165, 1.54) is 12.1 Å². The van der Waals surface area contributed by atoms with E-state index in [-0.39, 0.29) is 24.9 Å². The maximum Gasteiger partial charge on any atom is 0.416 e. The second-order valence-electron chi connectivity index (χ2n) is 9.44. The smallest absolute Gasteiger partial charge is 0.378 e. The third-order valence-electron chi connectivity index (χ3n) is 6.40. The monoisotopic (exact) mass is 512 g/mol. The van der Waals surface area contributed by atoms with E-state index >= 15 is 0 Å². The summed E-state index contributed by atoms with van der Waals surface area (Å²) in [6, 6.07) is 14.9. The van der Waals surface area contributed by atoms with Gasteiger partial charge in [0.05, 0.1) is 17.9 Å². The molecule has 1 aromatic heterocycles. The highest BCUT2D eigenvalue weighted by molar-refractivity contribution is 5.78. The summed E-state index contributed by atoms with van der Waals surface area (Å²) >= 11 is 0. The maximum absolute atomic E-state index is 13.4. The Morgan fingerprint density at radius 2 is 1.70 bits per heavy atom. The molecule has 1 fully saturated rings. The van der Waals surface area contributed by atoms with E-state index in [1.54, 1.807) is 13.2 Å². The Labute approximate surface area is 215 Å². The van der Waals surface area contributed by atoms with Gasteiger partial charge in [0.2, 0.25) is 5.91 Å². The van der Waals surface area contributed by atoms with Gasteiger partial charge < -0.3 is 14.5 Å². The molecule has 4 rings (SSSR count). The van der Waals surface area contributed by atoms with Crippen LogP contribution in [0.15, 0.2) is 54.6 Å². The lowest BCUT2D eigenvalue weighted by atomic mass is 10.0. The Morgan fingerprint density at radius 3 is 2.32 bits per heavy atom. The van der Waals surface area contributed by atoms with Crippen LogP contribution in [0.25, 0.3) is 11.4 Å². The Hall–Kier alpha value is -3.46. The van der Waals surface area contributed by atoms with Crippen molar-refractivity contribution in [2.24, 2.45) is 5.92 Å². The number of carbonyl (C=O) groups excluding carboxylic acids is 1. The summed E-state index contributed by atoms with van der Waals surface area (Å²) in [6.45, 7) is 6.17. The lowest BCUT2D eigenvalue weighted by molar-refractivity contribution is -0.137. The SMILES string of the molecule is COCc1nc(-c2ccccc2)nc(N2CCN(C(=O)C(C)C)CC2)c1Cc1cccc(C(F)(F)F)c1. The largest absolute Gasteiger partial charge is 0.416 e. The number of hydrogen-bond acceptors (Lipinski definition) is 5. The van der Waals surface area contributed by atoms with Crippen molar-refractivity contribution in [1.82, 2.24) is 14.9 Å². The summed E-state index contributed by atoms with van der Waals surface area (Å²) in [6.07, 6.45) is -4.21. The quantitative estimate of drug-likeness (QED) is 0.435. The van der Waals surface area contributed by atoms with Gasteiger partial charge in [-0.1, -0.05) is 62.4 Å². The van der Waals surface area contributed by atoms with Crippen molar-refractivity contribution in [3.05, 3.63) is 77.0 Å². The van der Waals surface area contributed by atoms with E-state index in [9.17, 15) is 18.0 Å². The molecule has 1 saturated heterocycles. The summed E-state index contributed by atoms with van der Waals surface area (Å²) in [5.74, 6) is 1.21. The van der Waals surface area contributed by atoms with E-state index in [0.29, 0.717) is 49.1 Å². The van der Waals surface area contributed by atoms with E-state index in [4.69, 9.17) is 14.7 Å². The number of rotatable bonds is 7. The van der Waals surface area contributed by atoms with Gasteiger partial charge >= 0.3 is 6.18 Å². The van der Waals surface area contributed by atoms with Crippen LogP contribution in [-0.4, -0.2) is 54.1 Å². The van der Waals surface area contributed by atoms with Crippen LogP contribution in [-0.2, 0) is 28.7 Å². The molecule has 0 radical (unpaired) electrons. The zero-order valence-corrected chi connectivity index (χ0v) is 21.3. The molecule has 6 nitrogen and oxygen atoms in total. The zero-order chi connectivity index (χ0) is 26.6. The van der Waals surface area contributed by atoms with E-state index in [0.717, 1.165) is 17.2 Å². The molecule has 1 aliphatic heterocycles. The zero-order valence-electron chi connectivity index (χ0n) is 21.3. The van der Waals surface area contributed by atoms with Crippen LogP contribution in [0.4, 0.5) is 19.0 Å². The Balaban J connectivity index is 1.76. The van der Waals surface area contributed by atoms with Gasteiger partial charge in [0, 0.05) is 56.8 Å². The van der Waals surface area contributed by atoms with E-state index in [2.05, 4.69) is 4.90 Å². The first-order chi connectivity index (χ1) is 17.7. The molecule has 0 aliphatic carbocycles. The number of nitrogens with zero attached hydrogens (tertiary/aromatic N) is 4. The van der Waals surface area contributed by atoms with Gasteiger partial charge in [-0.2, -0.15) is 13.2 Å². The minimum Gasteiger partial charge on any atom is -0.378 e. The number of anilines is 1. The Kier molecular flexibility index (Phi) is 8.12. The summed E-state index contributed by atoms with van der Waals surface area (Å²) in [5, 5.41) is 0. The fourth-order valence-corrected chi connectivity index (χ4v) is 4.50. The summed E-state index contributed by atoms with van der Waals surface area (Å²) in [5.41, 5.74) is 2.01. The predicted molar refractivity (Wildman–Crippen MR) is 136 cm³/mol. The molecule has 0 unspecified atom stereocenters. The Bertz CT molecular complexity index is 1220. The number of alkyl halides is 3. The molecule has 0 atom stereocenters. The molecule has 9 heteroatoms. The first-order valence-electron chi connectivity index (χ1n) is 12.3. The molecule has 1 aliphatic rings. The van der Waals surface area contributed by atoms with Gasteiger partial charge in [-0.3, -0.25) is 4.79 Å². The summed E-state index contributed by atoms with van der Waals surface area (Å²) in [7, 11) is 1.56. The lowest BCUT2D eigenvalue weighted by Gasteiger charge is -2.37. The minimum atomic E-state index is -4.43. The second-order valence-corrected chi connectivity index (χ2v) is 9.44. The van der Waals surface area contributed by atoms with Gasteiger partial charge in [-0.25, -0.2) is 9.97 Å². The number of methoxy groups -OCH3 is 1. The summed E-state index contributed by atoms with van der Waals surface area (Å²) < 4.78 is 45.6. The number of ether oxygens (including phenoxy) is 1. The average molecular weight is 513 g/mol. The maximum atomic E-state index is 13.4. The number of hydrogen-bond donors (Lipinski definition) is 0. The number of carbonyl (C=O) groups is 1. The highest BCUT2D eigenvalue weighted by atomic mass is 19.4. The van der Waals surface area contributed by atoms with Crippen LogP contribution in [0.2, 0.25) is 0 Å². The number of benzene rings is 2. The van der Waals surface area contributed by atoms with Crippen molar-refractivity contribution in [3.8, 4) is 11.4 Å². The fraction of sp³-hybridized carbons (Fsp3) is 0.393. The van der Waals surface area contributed by atoms with Crippen molar-refractivity contribution < 1.29 is 22.7 Å². The molecule has 37 heavy (non-hydrogen) atoms. The third-order valence-corrected chi connectivity index (χ3v) is 6.40.